The summed E-state index contributed by atoms with van der Waals surface area (Å²) in [5.74, 6) is -0.283. The van der Waals surface area contributed by atoms with Gasteiger partial charge in [-0.15, -0.1) is 0 Å². The first-order valence-electron chi connectivity index (χ1n) is 7.41. The Bertz CT molecular complexity index is 738. The van der Waals surface area contributed by atoms with Crippen molar-refractivity contribution in [3.63, 3.8) is 0 Å². The Morgan fingerprint density at radius 3 is 2.88 bits per heavy atom. The predicted molar refractivity (Wildman–Crippen MR) is 85.7 cm³/mol. The second-order valence-corrected chi connectivity index (χ2v) is 5.92. The van der Waals surface area contributed by atoms with E-state index in [0.29, 0.717) is 24.5 Å². The fourth-order valence-corrected chi connectivity index (χ4v) is 3.11. The molecule has 24 heavy (non-hydrogen) atoms. The summed E-state index contributed by atoms with van der Waals surface area (Å²) in [6.45, 7) is 0.342. The van der Waals surface area contributed by atoms with Gasteiger partial charge in [0.25, 0.3) is 5.91 Å². The number of hydrogen-bond donors (Lipinski definition) is 1. The molecule has 8 heteroatoms. The molecule has 0 radical (unpaired) electrons. The van der Waals surface area contributed by atoms with E-state index >= 15 is 0 Å². The Hall–Kier alpha value is -2.12. The van der Waals surface area contributed by atoms with Crippen LogP contribution < -0.4 is 4.74 Å². The van der Waals surface area contributed by atoms with E-state index in [9.17, 15) is 9.18 Å². The summed E-state index contributed by atoms with van der Waals surface area (Å²) in [5, 5.41) is -0.158. The van der Waals surface area contributed by atoms with Crippen LogP contribution in [0, 0.1) is 5.82 Å². The predicted octanol–water partition coefficient (Wildman–Crippen LogP) is 2.81. The summed E-state index contributed by atoms with van der Waals surface area (Å²) in [7, 11) is 3.02. The molecule has 1 aliphatic rings. The molecule has 2 atom stereocenters. The number of hydrogen-bond acceptors (Lipinski definition) is 4. The van der Waals surface area contributed by atoms with Crippen LogP contribution in [-0.2, 0) is 4.74 Å². The number of likely N-dealkylation sites (tertiary alicyclic amines) is 1. The minimum atomic E-state index is -0.762. The van der Waals surface area contributed by atoms with Gasteiger partial charge < -0.3 is 19.4 Å². The normalized spacial score (nSPS) is 20.4. The van der Waals surface area contributed by atoms with Gasteiger partial charge in [-0.05, 0) is 6.07 Å². The first-order chi connectivity index (χ1) is 11.5. The molecule has 1 aromatic heterocycles. The second kappa shape index (κ2) is 6.78. The minimum absolute atomic E-state index is 0.132. The third kappa shape index (κ3) is 2.97. The van der Waals surface area contributed by atoms with Crippen LogP contribution in [-0.4, -0.2) is 47.6 Å². The lowest BCUT2D eigenvalue weighted by Crippen LogP contribution is -2.33. The number of halogens is 2. The van der Waals surface area contributed by atoms with Gasteiger partial charge in [0.15, 0.2) is 5.82 Å². The van der Waals surface area contributed by atoms with Crippen LogP contribution >= 0.6 is 11.6 Å². The third-order valence-corrected chi connectivity index (χ3v) is 4.43. The maximum atomic E-state index is 14.4. The van der Waals surface area contributed by atoms with Crippen molar-refractivity contribution in [1.82, 2.24) is 14.9 Å². The Labute approximate surface area is 143 Å². The number of amides is 1. The van der Waals surface area contributed by atoms with Crippen molar-refractivity contribution in [2.75, 3.05) is 20.8 Å². The highest BCUT2D eigenvalue weighted by Crippen LogP contribution is 2.34. The van der Waals surface area contributed by atoms with Crippen molar-refractivity contribution in [3.05, 3.63) is 46.8 Å². The lowest BCUT2D eigenvalue weighted by atomic mass is 10.1. The molecule has 6 nitrogen and oxygen atoms in total. The molecule has 0 bridgehead atoms. The van der Waals surface area contributed by atoms with Crippen LogP contribution in [0.3, 0.4) is 0 Å². The van der Waals surface area contributed by atoms with Gasteiger partial charge in [0.05, 0.1) is 29.8 Å². The summed E-state index contributed by atoms with van der Waals surface area (Å²) in [6.07, 6.45) is 3.73. The van der Waals surface area contributed by atoms with Crippen LogP contribution in [0.4, 0.5) is 4.39 Å². The van der Waals surface area contributed by atoms with Crippen molar-refractivity contribution in [3.8, 4) is 5.75 Å². The Balaban J connectivity index is 1.97. The highest BCUT2D eigenvalue weighted by Gasteiger charge is 2.39. The average molecular weight is 354 g/mol. The van der Waals surface area contributed by atoms with Gasteiger partial charge in [0.1, 0.15) is 11.6 Å². The molecule has 1 N–H and O–H groups in total. The molecule has 1 aliphatic heterocycles. The van der Waals surface area contributed by atoms with Crippen molar-refractivity contribution >= 4 is 17.5 Å². The summed E-state index contributed by atoms with van der Waals surface area (Å²) in [6, 6.07) is 2.37. The topological polar surface area (TPSA) is 67.4 Å². The summed E-state index contributed by atoms with van der Waals surface area (Å²) >= 11 is 5.87. The van der Waals surface area contributed by atoms with E-state index in [0.717, 1.165) is 0 Å². The van der Waals surface area contributed by atoms with Crippen molar-refractivity contribution in [1.29, 1.82) is 0 Å². The van der Waals surface area contributed by atoms with Crippen LogP contribution in [0.15, 0.2) is 24.5 Å². The zero-order valence-corrected chi connectivity index (χ0v) is 14.0. The van der Waals surface area contributed by atoms with Gasteiger partial charge in [-0.1, -0.05) is 11.6 Å². The molecule has 1 amide bonds. The SMILES string of the molecule is COc1cc(Cl)c(F)c(C(=O)N2C[C@H](OC)CC2c2ncc[nH]2)c1. The van der Waals surface area contributed by atoms with Crippen molar-refractivity contribution in [2.45, 2.75) is 18.6 Å². The maximum Gasteiger partial charge on any atom is 0.257 e. The fourth-order valence-electron chi connectivity index (χ4n) is 2.90. The standard InChI is InChI=1S/C16H17ClFN3O3/c1-23-9-5-11(14(18)12(17)6-9)16(22)21-8-10(24-2)7-13(21)15-19-3-4-20-15/h3-6,10,13H,7-8H2,1-2H3,(H,19,20)/t10-,13?/m1/s1. The van der Waals surface area contributed by atoms with Crippen molar-refractivity contribution in [2.24, 2.45) is 0 Å². The largest absolute Gasteiger partial charge is 0.497 e. The number of ether oxygens (including phenoxy) is 2. The first-order valence-corrected chi connectivity index (χ1v) is 7.79. The number of imidazole rings is 1. The quantitative estimate of drug-likeness (QED) is 0.917. The third-order valence-electron chi connectivity index (χ3n) is 4.16. The van der Waals surface area contributed by atoms with Gasteiger partial charge in [0.2, 0.25) is 0 Å². The number of aromatic nitrogens is 2. The molecular weight excluding hydrogens is 337 g/mol. The summed E-state index contributed by atoms with van der Waals surface area (Å²) in [4.78, 5) is 21.7. The maximum absolute atomic E-state index is 14.4. The number of nitrogens with one attached hydrogen (secondary N) is 1. The molecule has 3 rings (SSSR count). The Morgan fingerprint density at radius 2 is 2.25 bits per heavy atom. The van der Waals surface area contributed by atoms with E-state index in [1.807, 2.05) is 0 Å². The van der Waals surface area contributed by atoms with Gasteiger partial charge in [0, 0.05) is 38.5 Å². The molecular formula is C16H17ClFN3O3. The Kier molecular flexibility index (Phi) is 4.73. The zero-order valence-electron chi connectivity index (χ0n) is 13.3. The number of carbonyl (C=O) groups is 1. The van der Waals surface area contributed by atoms with Gasteiger partial charge >= 0.3 is 0 Å². The number of aromatic amines is 1. The van der Waals surface area contributed by atoms with E-state index in [4.69, 9.17) is 21.1 Å². The van der Waals surface area contributed by atoms with Crippen LogP contribution in [0.1, 0.15) is 28.6 Å². The molecule has 2 heterocycles. The molecule has 1 unspecified atom stereocenters. The Morgan fingerprint density at radius 1 is 1.46 bits per heavy atom. The van der Waals surface area contributed by atoms with Crippen LogP contribution in [0.5, 0.6) is 5.75 Å². The number of carbonyl (C=O) groups excluding carboxylic acids is 1. The molecule has 1 fully saturated rings. The van der Waals surface area contributed by atoms with Crippen LogP contribution in [0.25, 0.3) is 0 Å². The zero-order chi connectivity index (χ0) is 17.3. The molecule has 128 valence electrons. The minimum Gasteiger partial charge on any atom is -0.497 e. The van der Waals surface area contributed by atoms with E-state index in [1.165, 1.54) is 19.2 Å². The number of rotatable bonds is 4. The molecule has 1 saturated heterocycles. The fraction of sp³-hybridized carbons (Fsp3) is 0.375. The lowest BCUT2D eigenvalue weighted by molar-refractivity contribution is 0.0679. The first kappa shape index (κ1) is 16.7. The van der Waals surface area contributed by atoms with Gasteiger partial charge in [-0.2, -0.15) is 0 Å². The molecule has 1 aromatic carbocycles. The summed E-state index contributed by atoms with van der Waals surface area (Å²) < 4.78 is 24.8. The molecule has 0 spiro atoms. The number of nitrogens with zero attached hydrogens (tertiary/aromatic N) is 2. The number of H-pyrrole nitrogens is 1. The van der Waals surface area contributed by atoms with Crippen molar-refractivity contribution < 1.29 is 18.7 Å². The second-order valence-electron chi connectivity index (χ2n) is 5.51. The van der Waals surface area contributed by atoms with Gasteiger partial charge in [-0.3, -0.25) is 4.79 Å². The average Bonchev–Trinajstić information content (AvgIpc) is 3.25. The van der Waals surface area contributed by atoms with E-state index in [-0.39, 0.29) is 22.7 Å². The number of benzene rings is 1. The molecule has 0 aliphatic carbocycles. The highest BCUT2D eigenvalue weighted by molar-refractivity contribution is 6.31. The smallest absolute Gasteiger partial charge is 0.257 e. The van der Waals surface area contributed by atoms with E-state index in [1.54, 1.807) is 24.4 Å². The molecule has 2 aromatic rings. The van der Waals surface area contributed by atoms with E-state index < -0.39 is 11.7 Å². The lowest BCUT2D eigenvalue weighted by Gasteiger charge is -2.23. The number of methoxy groups -OCH3 is 2. The summed E-state index contributed by atoms with van der Waals surface area (Å²) in [5.41, 5.74) is -0.132. The van der Waals surface area contributed by atoms with E-state index in [2.05, 4.69) is 9.97 Å². The van der Waals surface area contributed by atoms with Crippen LogP contribution in [0.2, 0.25) is 5.02 Å². The monoisotopic (exact) mass is 353 g/mol. The molecule has 0 saturated carbocycles. The highest BCUT2D eigenvalue weighted by atomic mass is 35.5. The van der Waals surface area contributed by atoms with Gasteiger partial charge in [-0.25, -0.2) is 9.37 Å².